The molecule has 0 unspecified atom stereocenters. The van der Waals surface area contributed by atoms with E-state index in [1.807, 2.05) is 24.3 Å². The molecule has 0 spiro atoms. The average molecular weight is 374 g/mol. The summed E-state index contributed by atoms with van der Waals surface area (Å²) in [5.41, 5.74) is 1.78. The van der Waals surface area contributed by atoms with E-state index in [9.17, 15) is 14.7 Å². The Hall–Kier alpha value is -2.99. The minimum absolute atomic E-state index is 0.00611. The molecule has 3 aromatic rings. The minimum atomic E-state index is -1.13. The molecule has 1 N–H and O–H groups in total. The van der Waals surface area contributed by atoms with Crippen LogP contribution in [0.4, 0.5) is 0 Å². The van der Waals surface area contributed by atoms with Gasteiger partial charge in [0, 0.05) is 11.9 Å². The number of fused-ring (bicyclic) bond motifs is 1. The van der Waals surface area contributed by atoms with Gasteiger partial charge in [0.05, 0.1) is 25.3 Å². The molecule has 0 bridgehead atoms. The first kappa shape index (κ1) is 17.8. The first-order valence-corrected chi connectivity index (χ1v) is 8.10. The van der Waals surface area contributed by atoms with Gasteiger partial charge < -0.3 is 19.1 Å². The van der Waals surface area contributed by atoms with Gasteiger partial charge in [-0.15, -0.1) is 0 Å². The average Bonchev–Trinajstić information content (AvgIpc) is 2.93. The van der Waals surface area contributed by atoms with Crippen LogP contribution in [0.2, 0.25) is 5.15 Å². The van der Waals surface area contributed by atoms with Gasteiger partial charge in [-0.1, -0.05) is 29.8 Å². The number of methoxy groups -OCH3 is 2. The third kappa shape index (κ3) is 3.11. The molecule has 0 saturated heterocycles. The van der Waals surface area contributed by atoms with Crippen LogP contribution in [0.15, 0.2) is 42.5 Å². The predicted molar refractivity (Wildman–Crippen MR) is 97.3 cm³/mol. The van der Waals surface area contributed by atoms with Crippen LogP contribution in [0.25, 0.3) is 10.9 Å². The van der Waals surface area contributed by atoms with Crippen LogP contribution in [0.3, 0.4) is 0 Å². The number of ether oxygens (including phenoxy) is 2. The van der Waals surface area contributed by atoms with E-state index in [0.717, 1.165) is 11.3 Å². The lowest BCUT2D eigenvalue weighted by atomic mass is 10.1. The van der Waals surface area contributed by atoms with E-state index in [2.05, 4.69) is 0 Å². The third-order valence-electron chi connectivity index (χ3n) is 4.14. The van der Waals surface area contributed by atoms with Gasteiger partial charge in [-0.05, 0) is 29.8 Å². The largest absolute Gasteiger partial charge is 0.497 e. The Morgan fingerprint density at radius 3 is 2.38 bits per heavy atom. The molecule has 26 heavy (non-hydrogen) atoms. The number of hydrogen-bond acceptors (Lipinski definition) is 4. The zero-order valence-corrected chi connectivity index (χ0v) is 14.9. The summed E-state index contributed by atoms with van der Waals surface area (Å²) in [6.07, 6.45) is 0. The highest BCUT2D eigenvalue weighted by atomic mass is 35.5. The molecule has 6 nitrogen and oxygen atoms in total. The SMILES string of the molecule is COC(=O)c1ccc2c(C(=O)O)c(Cl)n(Cc3ccc(OC)cc3)c2c1. The maximum atomic E-state index is 11.8. The molecular formula is C19H16ClNO5. The number of hydrogen-bond donors (Lipinski definition) is 1. The standard InChI is InChI=1S/C19H16ClNO5/c1-25-13-6-3-11(4-7-13)10-21-15-9-12(19(24)26-2)5-8-14(15)16(17(21)20)18(22)23/h3-9H,10H2,1-2H3,(H,22,23). The van der Waals surface area contributed by atoms with E-state index in [4.69, 9.17) is 21.1 Å². The zero-order valence-electron chi connectivity index (χ0n) is 14.2. The first-order chi connectivity index (χ1) is 12.5. The number of nitrogens with zero attached hydrogens (tertiary/aromatic N) is 1. The third-order valence-corrected chi connectivity index (χ3v) is 4.53. The lowest BCUT2D eigenvalue weighted by molar-refractivity contribution is 0.0600. The summed E-state index contributed by atoms with van der Waals surface area (Å²) in [5, 5.41) is 10.1. The number of carboxylic acid groups (broad SMARTS) is 1. The van der Waals surface area contributed by atoms with Crippen molar-refractivity contribution < 1.29 is 24.2 Å². The fourth-order valence-electron chi connectivity index (χ4n) is 2.83. The molecular weight excluding hydrogens is 358 g/mol. The van der Waals surface area contributed by atoms with Gasteiger partial charge in [-0.25, -0.2) is 9.59 Å². The van der Waals surface area contributed by atoms with E-state index in [0.29, 0.717) is 23.0 Å². The van der Waals surface area contributed by atoms with Crippen molar-refractivity contribution in [1.82, 2.24) is 4.57 Å². The molecule has 0 aliphatic heterocycles. The van der Waals surface area contributed by atoms with Crippen molar-refractivity contribution in [2.24, 2.45) is 0 Å². The second-order valence-corrected chi connectivity index (χ2v) is 5.99. The molecule has 0 aliphatic rings. The Bertz CT molecular complexity index is 991. The monoisotopic (exact) mass is 373 g/mol. The van der Waals surface area contributed by atoms with Crippen molar-refractivity contribution in [1.29, 1.82) is 0 Å². The quantitative estimate of drug-likeness (QED) is 0.687. The summed E-state index contributed by atoms with van der Waals surface area (Å²) in [7, 11) is 2.87. The number of rotatable bonds is 5. The van der Waals surface area contributed by atoms with Crippen LogP contribution in [0, 0.1) is 0 Å². The normalized spacial score (nSPS) is 10.7. The summed E-state index contributed by atoms with van der Waals surface area (Å²) in [5.74, 6) is -0.909. The highest BCUT2D eigenvalue weighted by molar-refractivity contribution is 6.35. The van der Waals surface area contributed by atoms with Crippen LogP contribution in [-0.2, 0) is 11.3 Å². The molecule has 134 valence electrons. The van der Waals surface area contributed by atoms with Crippen LogP contribution in [0.5, 0.6) is 5.75 Å². The molecule has 1 aromatic heterocycles. The molecule has 0 atom stereocenters. The number of carbonyl (C=O) groups is 2. The maximum absolute atomic E-state index is 11.8. The van der Waals surface area contributed by atoms with Gasteiger partial charge in [-0.2, -0.15) is 0 Å². The lowest BCUT2D eigenvalue weighted by Crippen LogP contribution is -2.03. The van der Waals surface area contributed by atoms with Crippen LogP contribution >= 0.6 is 11.6 Å². The van der Waals surface area contributed by atoms with Crippen LogP contribution < -0.4 is 4.74 Å². The van der Waals surface area contributed by atoms with E-state index < -0.39 is 11.9 Å². The zero-order chi connectivity index (χ0) is 18.8. The Morgan fingerprint density at radius 2 is 1.81 bits per heavy atom. The van der Waals surface area contributed by atoms with Crippen molar-refractivity contribution in [2.45, 2.75) is 6.54 Å². The van der Waals surface area contributed by atoms with Gasteiger partial charge >= 0.3 is 11.9 Å². The fraction of sp³-hybridized carbons (Fsp3) is 0.158. The number of esters is 1. The number of aromatic nitrogens is 1. The van der Waals surface area contributed by atoms with E-state index in [-0.39, 0.29) is 10.7 Å². The van der Waals surface area contributed by atoms with Gasteiger partial charge in [0.2, 0.25) is 0 Å². The van der Waals surface area contributed by atoms with Gasteiger partial charge in [-0.3, -0.25) is 0 Å². The second kappa shape index (κ2) is 7.09. The van der Waals surface area contributed by atoms with Crippen molar-refractivity contribution >= 4 is 34.4 Å². The highest BCUT2D eigenvalue weighted by Gasteiger charge is 2.22. The Balaban J connectivity index is 2.16. The first-order valence-electron chi connectivity index (χ1n) is 7.72. The highest BCUT2D eigenvalue weighted by Crippen LogP contribution is 2.32. The number of carbonyl (C=O) groups excluding carboxylic acids is 1. The minimum Gasteiger partial charge on any atom is -0.497 e. The summed E-state index contributed by atoms with van der Waals surface area (Å²) in [6, 6.07) is 12.0. The molecule has 1 heterocycles. The fourth-order valence-corrected chi connectivity index (χ4v) is 3.17. The molecule has 0 radical (unpaired) electrons. The molecule has 0 amide bonds. The smallest absolute Gasteiger partial charge is 0.339 e. The Morgan fingerprint density at radius 1 is 1.12 bits per heavy atom. The van der Waals surface area contributed by atoms with Gasteiger partial charge in [0.1, 0.15) is 16.5 Å². The van der Waals surface area contributed by atoms with E-state index in [1.165, 1.54) is 13.2 Å². The number of carboxylic acids is 1. The maximum Gasteiger partial charge on any atom is 0.339 e. The molecule has 3 rings (SSSR count). The number of halogens is 1. The van der Waals surface area contributed by atoms with Gasteiger partial charge in [0.25, 0.3) is 0 Å². The summed E-state index contributed by atoms with van der Waals surface area (Å²) in [6.45, 7) is 0.344. The topological polar surface area (TPSA) is 77.8 Å². The Kier molecular flexibility index (Phi) is 4.86. The predicted octanol–water partition coefficient (Wildman–Crippen LogP) is 3.84. The molecule has 7 heteroatoms. The van der Waals surface area contributed by atoms with Crippen molar-refractivity contribution in [3.63, 3.8) is 0 Å². The molecule has 0 saturated carbocycles. The summed E-state index contributed by atoms with van der Waals surface area (Å²) >= 11 is 6.36. The van der Waals surface area contributed by atoms with Crippen molar-refractivity contribution in [3.8, 4) is 5.75 Å². The van der Waals surface area contributed by atoms with Crippen LogP contribution in [-0.4, -0.2) is 35.8 Å². The van der Waals surface area contributed by atoms with E-state index >= 15 is 0 Å². The van der Waals surface area contributed by atoms with Crippen LogP contribution in [0.1, 0.15) is 26.3 Å². The summed E-state index contributed by atoms with van der Waals surface area (Å²) < 4.78 is 11.5. The number of benzene rings is 2. The van der Waals surface area contributed by atoms with Gasteiger partial charge in [0.15, 0.2) is 0 Å². The Labute approximate surface area is 154 Å². The molecule has 0 fully saturated rings. The number of aromatic carboxylic acids is 1. The van der Waals surface area contributed by atoms with Crippen molar-refractivity contribution in [2.75, 3.05) is 14.2 Å². The second-order valence-electron chi connectivity index (χ2n) is 5.63. The van der Waals surface area contributed by atoms with Crippen molar-refractivity contribution in [3.05, 3.63) is 64.3 Å². The summed E-state index contributed by atoms with van der Waals surface area (Å²) in [4.78, 5) is 23.5. The van der Waals surface area contributed by atoms with E-state index in [1.54, 1.807) is 23.8 Å². The molecule has 0 aliphatic carbocycles. The molecule has 2 aromatic carbocycles. The lowest BCUT2D eigenvalue weighted by Gasteiger charge is -2.09.